The van der Waals surface area contributed by atoms with Crippen LogP contribution in [0.15, 0.2) is 35.3 Å². The van der Waals surface area contributed by atoms with Gasteiger partial charge in [0.1, 0.15) is 5.82 Å². The van der Waals surface area contributed by atoms with Crippen LogP contribution in [0.1, 0.15) is 16.1 Å². The van der Waals surface area contributed by atoms with Crippen molar-refractivity contribution in [3.05, 3.63) is 57.8 Å². The molecule has 0 atom stereocenters. The molecule has 0 aliphatic heterocycles. The number of carbonyl (C=O) groups excluding carboxylic acids is 1. The average Bonchev–Trinajstić information content (AvgIpc) is 2.30. The van der Waals surface area contributed by atoms with Gasteiger partial charge in [0.25, 0.3) is 0 Å². The molecule has 0 radical (unpaired) electrons. The maximum absolute atomic E-state index is 12.8. The van der Waals surface area contributed by atoms with Crippen LogP contribution in [0.4, 0.5) is 4.39 Å². The Kier molecular flexibility index (Phi) is 4.99. The van der Waals surface area contributed by atoms with Crippen molar-refractivity contribution < 1.29 is 43.8 Å². The molecular weight excluding hydrogens is 262 g/mol. The van der Waals surface area contributed by atoms with Gasteiger partial charge in [-0.15, -0.1) is 0 Å². The van der Waals surface area contributed by atoms with Gasteiger partial charge < -0.3 is 9.90 Å². The molecule has 0 aliphatic carbocycles. The molecule has 0 N–H and O–H groups in total. The van der Waals surface area contributed by atoms with Crippen molar-refractivity contribution in [3.63, 3.8) is 0 Å². The number of carbonyl (C=O) groups is 1. The SMILES string of the molecule is Cc1c(C(=O)[O-])c(=O)cnn1-c1ccc(F)cc1.[Na+]. The van der Waals surface area contributed by atoms with E-state index in [0.717, 1.165) is 6.20 Å². The van der Waals surface area contributed by atoms with E-state index in [2.05, 4.69) is 5.10 Å². The van der Waals surface area contributed by atoms with E-state index in [9.17, 15) is 19.1 Å². The zero-order chi connectivity index (χ0) is 13.3. The summed E-state index contributed by atoms with van der Waals surface area (Å²) in [6, 6.07) is 5.29. The van der Waals surface area contributed by atoms with E-state index in [4.69, 9.17) is 0 Å². The first-order chi connectivity index (χ1) is 8.50. The van der Waals surface area contributed by atoms with Gasteiger partial charge in [-0.2, -0.15) is 5.10 Å². The van der Waals surface area contributed by atoms with Gasteiger partial charge in [-0.05, 0) is 31.2 Å². The van der Waals surface area contributed by atoms with Crippen LogP contribution in [0.25, 0.3) is 5.69 Å². The summed E-state index contributed by atoms with van der Waals surface area (Å²) in [5.74, 6) is -1.98. The zero-order valence-electron chi connectivity index (χ0n) is 10.4. The van der Waals surface area contributed by atoms with Gasteiger partial charge in [0, 0.05) is 0 Å². The third-order valence-corrected chi connectivity index (χ3v) is 2.49. The molecule has 2 rings (SSSR count). The molecule has 92 valence electrons. The Hall–Kier alpha value is -1.50. The van der Waals surface area contributed by atoms with E-state index in [0.29, 0.717) is 5.69 Å². The first-order valence-corrected chi connectivity index (χ1v) is 5.07. The summed E-state index contributed by atoms with van der Waals surface area (Å²) < 4.78 is 14.0. The van der Waals surface area contributed by atoms with Crippen molar-refractivity contribution in [1.29, 1.82) is 0 Å². The van der Waals surface area contributed by atoms with Gasteiger partial charge >= 0.3 is 29.6 Å². The molecule has 5 nitrogen and oxygen atoms in total. The normalized spacial score (nSPS) is 9.79. The number of nitrogens with zero attached hydrogens (tertiary/aromatic N) is 2. The molecule has 1 aromatic heterocycles. The number of hydrogen-bond donors (Lipinski definition) is 0. The molecule has 0 spiro atoms. The first-order valence-electron chi connectivity index (χ1n) is 5.07. The molecule has 0 unspecified atom stereocenters. The van der Waals surface area contributed by atoms with E-state index < -0.39 is 22.8 Å². The van der Waals surface area contributed by atoms with Crippen molar-refractivity contribution in [3.8, 4) is 5.69 Å². The van der Waals surface area contributed by atoms with Crippen molar-refractivity contribution in [2.45, 2.75) is 6.92 Å². The van der Waals surface area contributed by atoms with Crippen molar-refractivity contribution in [2.24, 2.45) is 0 Å². The minimum Gasteiger partial charge on any atom is -0.545 e. The number of halogens is 1. The maximum Gasteiger partial charge on any atom is 1.00 e. The van der Waals surface area contributed by atoms with E-state index in [1.807, 2.05) is 0 Å². The summed E-state index contributed by atoms with van der Waals surface area (Å²) in [7, 11) is 0. The minimum absolute atomic E-state index is 0. The quantitative estimate of drug-likeness (QED) is 0.547. The van der Waals surface area contributed by atoms with Crippen molar-refractivity contribution in [1.82, 2.24) is 9.78 Å². The van der Waals surface area contributed by atoms with Crippen LogP contribution >= 0.6 is 0 Å². The summed E-state index contributed by atoms with van der Waals surface area (Å²) >= 11 is 0. The molecule has 1 aromatic carbocycles. The molecule has 1 heterocycles. The monoisotopic (exact) mass is 270 g/mol. The van der Waals surface area contributed by atoms with Gasteiger partial charge in [0.2, 0.25) is 5.43 Å². The number of carboxylic acids is 1. The van der Waals surface area contributed by atoms with Gasteiger partial charge in [-0.3, -0.25) is 4.79 Å². The van der Waals surface area contributed by atoms with E-state index >= 15 is 0 Å². The van der Waals surface area contributed by atoms with Crippen molar-refractivity contribution in [2.75, 3.05) is 0 Å². The van der Waals surface area contributed by atoms with Gasteiger partial charge in [-0.1, -0.05) is 0 Å². The second kappa shape index (κ2) is 6.10. The fraction of sp³-hybridized carbons (Fsp3) is 0.0833. The topological polar surface area (TPSA) is 75.0 Å². The average molecular weight is 270 g/mol. The molecule has 0 bridgehead atoms. The van der Waals surface area contributed by atoms with E-state index in [-0.39, 0.29) is 35.3 Å². The molecule has 19 heavy (non-hydrogen) atoms. The summed E-state index contributed by atoms with van der Waals surface area (Å²) in [4.78, 5) is 22.2. The second-order valence-electron chi connectivity index (χ2n) is 3.64. The second-order valence-corrected chi connectivity index (χ2v) is 3.64. The Morgan fingerprint density at radius 3 is 2.42 bits per heavy atom. The molecule has 0 aliphatic rings. The number of rotatable bonds is 2. The number of benzene rings is 1. The third-order valence-electron chi connectivity index (χ3n) is 2.49. The molecule has 7 heteroatoms. The van der Waals surface area contributed by atoms with Crippen LogP contribution < -0.4 is 40.1 Å². The Bertz CT molecular complexity index is 668. The Balaban J connectivity index is 0.00000180. The van der Waals surface area contributed by atoms with Crippen LogP contribution in [0.2, 0.25) is 0 Å². The first kappa shape index (κ1) is 15.6. The largest absolute Gasteiger partial charge is 1.00 e. The van der Waals surface area contributed by atoms with Gasteiger partial charge in [-0.25, -0.2) is 9.07 Å². The predicted molar refractivity (Wildman–Crippen MR) is 58.9 cm³/mol. The third kappa shape index (κ3) is 3.09. The fourth-order valence-corrected chi connectivity index (χ4v) is 1.64. The summed E-state index contributed by atoms with van der Waals surface area (Å²) in [5, 5.41) is 14.7. The molecule has 0 saturated heterocycles. The Morgan fingerprint density at radius 1 is 1.32 bits per heavy atom. The maximum atomic E-state index is 12.8. The van der Waals surface area contributed by atoms with E-state index in [1.165, 1.54) is 35.9 Å². The summed E-state index contributed by atoms with van der Waals surface area (Å²) in [6.45, 7) is 1.43. The molecule has 2 aromatic rings. The number of carboxylic acid groups (broad SMARTS) is 1. The van der Waals surface area contributed by atoms with Gasteiger partial charge in [0.15, 0.2) is 0 Å². The van der Waals surface area contributed by atoms with Gasteiger partial charge in [0.05, 0.1) is 29.1 Å². The summed E-state index contributed by atoms with van der Waals surface area (Å²) in [5.41, 5.74) is -0.578. The molecular formula is C12H8FN2NaO3. The van der Waals surface area contributed by atoms with Crippen molar-refractivity contribution >= 4 is 5.97 Å². The predicted octanol–water partition coefficient (Wildman–Crippen LogP) is -2.95. The van der Waals surface area contributed by atoms with Crippen LogP contribution in [0.5, 0.6) is 0 Å². The molecule has 0 amide bonds. The smallest absolute Gasteiger partial charge is 0.545 e. The standard InChI is InChI=1S/C12H9FN2O3.Na/c1-7-11(12(17)18)10(16)6-14-15(7)9-4-2-8(13)3-5-9;/h2-6H,1H3,(H,17,18);/q;+1/p-1. The number of hydrogen-bond acceptors (Lipinski definition) is 4. The van der Waals surface area contributed by atoms with Crippen LogP contribution in [0.3, 0.4) is 0 Å². The Morgan fingerprint density at radius 2 is 1.89 bits per heavy atom. The fourth-order valence-electron chi connectivity index (χ4n) is 1.64. The number of aromatic nitrogens is 2. The van der Waals surface area contributed by atoms with E-state index in [1.54, 1.807) is 0 Å². The Labute approximate surface area is 130 Å². The van der Waals surface area contributed by atoms with Crippen LogP contribution in [-0.2, 0) is 0 Å². The zero-order valence-corrected chi connectivity index (χ0v) is 12.4. The number of aromatic carboxylic acids is 1. The van der Waals surface area contributed by atoms with Crippen LogP contribution in [-0.4, -0.2) is 15.7 Å². The molecule has 0 fully saturated rings. The van der Waals surface area contributed by atoms with Crippen LogP contribution in [0, 0.1) is 12.7 Å². The summed E-state index contributed by atoms with van der Waals surface area (Å²) in [6.07, 6.45) is 0.890. The minimum atomic E-state index is -1.56. The molecule has 0 saturated carbocycles.